The van der Waals surface area contributed by atoms with E-state index in [1.54, 1.807) is 6.92 Å². The van der Waals surface area contributed by atoms with E-state index in [9.17, 15) is 9.59 Å². The van der Waals surface area contributed by atoms with Gasteiger partial charge in [0.15, 0.2) is 5.71 Å². The molecule has 2 aliphatic rings. The fourth-order valence-corrected chi connectivity index (χ4v) is 1.84. The molecule has 0 N–H and O–H groups in total. The number of imide groups is 1. The molecule has 98 valence electrons. The molecule has 0 saturated carbocycles. The second-order valence-corrected chi connectivity index (χ2v) is 3.47. The van der Waals surface area contributed by atoms with E-state index in [2.05, 4.69) is 9.98 Å². The fourth-order valence-electron chi connectivity index (χ4n) is 1.84. The zero-order valence-electron chi connectivity index (χ0n) is 10.3. The first-order chi connectivity index (χ1) is 8.51. The molecule has 3 amide bonds. The molecule has 9 nitrogen and oxygen atoms in total. The topological polar surface area (TPSA) is 93.0 Å². The molecule has 2 heterocycles. The molecule has 1 atom stereocenters. The first-order valence-electron chi connectivity index (χ1n) is 4.99. The Morgan fingerprint density at radius 3 is 2.33 bits per heavy atom. The number of urea groups is 1. The van der Waals surface area contributed by atoms with E-state index < -0.39 is 17.8 Å². The lowest BCUT2D eigenvalue weighted by Crippen LogP contribution is -2.68. The highest BCUT2D eigenvalue weighted by molar-refractivity contribution is 6.47. The van der Waals surface area contributed by atoms with Crippen LogP contribution in [0.25, 0.3) is 0 Å². The molecule has 0 bridgehead atoms. The van der Waals surface area contributed by atoms with Crippen molar-refractivity contribution in [1.82, 2.24) is 10.1 Å². The van der Waals surface area contributed by atoms with Gasteiger partial charge in [-0.15, -0.1) is 10.1 Å². The summed E-state index contributed by atoms with van der Waals surface area (Å²) in [6.07, 6.45) is 0. The highest BCUT2D eigenvalue weighted by Crippen LogP contribution is 2.32. The van der Waals surface area contributed by atoms with Crippen LogP contribution in [-0.2, 0) is 19.2 Å². The summed E-state index contributed by atoms with van der Waals surface area (Å²) in [5, 5.41) is 1.31. The number of carbonyl (C=O) groups excluding carboxylic acids is 2. The van der Waals surface area contributed by atoms with Crippen LogP contribution in [0.2, 0.25) is 0 Å². The monoisotopic (exact) mass is 256 g/mol. The van der Waals surface area contributed by atoms with Gasteiger partial charge in [-0.3, -0.25) is 14.5 Å². The Morgan fingerprint density at radius 2 is 1.83 bits per heavy atom. The summed E-state index contributed by atoms with van der Waals surface area (Å²) in [4.78, 5) is 41.7. The largest absolute Gasteiger partial charge is 0.380 e. The van der Waals surface area contributed by atoms with Crippen LogP contribution in [0, 0.1) is 0 Å². The van der Waals surface area contributed by atoms with Crippen LogP contribution in [0.4, 0.5) is 4.79 Å². The Balaban J connectivity index is 2.58. The minimum Gasteiger partial charge on any atom is -0.333 e. The molecule has 18 heavy (non-hydrogen) atoms. The zero-order valence-corrected chi connectivity index (χ0v) is 10.3. The molecule has 1 fully saturated rings. The number of amides is 3. The second-order valence-electron chi connectivity index (χ2n) is 3.47. The number of ether oxygens (including phenoxy) is 1. The lowest BCUT2D eigenvalue weighted by Gasteiger charge is -2.40. The lowest BCUT2D eigenvalue weighted by atomic mass is 10.2. The average molecular weight is 256 g/mol. The van der Waals surface area contributed by atoms with Crippen molar-refractivity contribution in [2.45, 2.75) is 12.8 Å². The smallest absolute Gasteiger partial charge is 0.333 e. The molecular formula is C9H12N4O5. The Kier molecular flexibility index (Phi) is 2.89. The van der Waals surface area contributed by atoms with Crippen molar-refractivity contribution >= 4 is 23.5 Å². The maximum Gasteiger partial charge on any atom is 0.380 e. The molecule has 0 radical (unpaired) electrons. The van der Waals surface area contributed by atoms with Crippen molar-refractivity contribution in [1.29, 1.82) is 0 Å². The number of amidine groups is 1. The Morgan fingerprint density at radius 1 is 1.17 bits per heavy atom. The predicted molar refractivity (Wildman–Crippen MR) is 58.4 cm³/mol. The molecular weight excluding hydrogens is 244 g/mol. The van der Waals surface area contributed by atoms with Gasteiger partial charge in [0.05, 0.1) is 14.2 Å². The SMILES string of the molecule is CON1C(=O)C2=NC(C)=NC2(OC)N(OC)C1=O. The van der Waals surface area contributed by atoms with Gasteiger partial charge in [-0.2, -0.15) is 0 Å². The molecule has 1 saturated heterocycles. The van der Waals surface area contributed by atoms with E-state index in [1.807, 2.05) is 0 Å². The molecule has 0 aromatic rings. The van der Waals surface area contributed by atoms with Crippen LogP contribution in [0.3, 0.4) is 0 Å². The van der Waals surface area contributed by atoms with Crippen molar-refractivity contribution in [3.8, 4) is 0 Å². The Labute approximate surface area is 103 Å². The highest BCUT2D eigenvalue weighted by atomic mass is 16.8. The number of carbonyl (C=O) groups is 2. The van der Waals surface area contributed by atoms with Crippen LogP contribution in [0.15, 0.2) is 9.98 Å². The van der Waals surface area contributed by atoms with E-state index in [4.69, 9.17) is 14.4 Å². The molecule has 2 rings (SSSR count). The van der Waals surface area contributed by atoms with Gasteiger partial charge >= 0.3 is 17.8 Å². The third-order valence-corrected chi connectivity index (χ3v) is 2.56. The number of hydroxylamine groups is 4. The quantitative estimate of drug-likeness (QED) is 0.681. The Bertz CT molecular complexity index is 474. The molecule has 0 aromatic carbocycles. The fraction of sp³-hybridized carbons (Fsp3) is 0.556. The maximum absolute atomic E-state index is 12.0. The number of fused-ring (bicyclic) bond motifs is 1. The van der Waals surface area contributed by atoms with Crippen LogP contribution >= 0.6 is 0 Å². The molecule has 1 unspecified atom stereocenters. The van der Waals surface area contributed by atoms with Gasteiger partial charge in [0, 0.05) is 7.11 Å². The van der Waals surface area contributed by atoms with Gasteiger partial charge in [0.2, 0.25) is 0 Å². The number of nitrogens with zero attached hydrogens (tertiary/aromatic N) is 4. The van der Waals surface area contributed by atoms with Crippen molar-refractivity contribution in [3.05, 3.63) is 0 Å². The van der Waals surface area contributed by atoms with E-state index >= 15 is 0 Å². The zero-order chi connectivity index (χ0) is 13.5. The first kappa shape index (κ1) is 12.6. The summed E-state index contributed by atoms with van der Waals surface area (Å²) in [6.45, 7) is 1.58. The van der Waals surface area contributed by atoms with Gasteiger partial charge in [-0.25, -0.2) is 14.8 Å². The van der Waals surface area contributed by atoms with Crippen LogP contribution < -0.4 is 0 Å². The van der Waals surface area contributed by atoms with Crippen LogP contribution in [0.1, 0.15) is 6.92 Å². The maximum atomic E-state index is 12.0. The number of rotatable bonds is 3. The van der Waals surface area contributed by atoms with E-state index in [0.29, 0.717) is 10.9 Å². The number of methoxy groups -OCH3 is 1. The summed E-state index contributed by atoms with van der Waals surface area (Å²) in [5.74, 6) is -2.12. The Hall–Kier alpha value is -1.84. The highest BCUT2D eigenvalue weighted by Gasteiger charge is 2.60. The molecule has 2 aliphatic heterocycles. The minimum atomic E-state index is -1.68. The predicted octanol–water partition coefficient (Wildman–Crippen LogP) is -0.453. The summed E-state index contributed by atoms with van der Waals surface area (Å²) < 4.78 is 5.17. The molecule has 0 aromatic heterocycles. The molecule has 0 aliphatic carbocycles. The standard InChI is InChI=1S/C9H12N4O5/c1-5-10-6-7(14)12(17-3)8(15)13(18-4)9(6,11-5)16-2/h1-4H3. The molecule has 9 heteroatoms. The van der Waals surface area contributed by atoms with E-state index in [1.165, 1.54) is 21.3 Å². The third-order valence-electron chi connectivity index (χ3n) is 2.56. The van der Waals surface area contributed by atoms with Crippen LogP contribution in [0.5, 0.6) is 0 Å². The minimum absolute atomic E-state index is 0.0919. The van der Waals surface area contributed by atoms with E-state index in [0.717, 1.165) is 5.06 Å². The summed E-state index contributed by atoms with van der Waals surface area (Å²) in [6, 6.07) is -0.843. The van der Waals surface area contributed by atoms with Crippen LogP contribution in [-0.4, -0.2) is 60.8 Å². The third kappa shape index (κ3) is 1.38. The lowest BCUT2D eigenvalue weighted by molar-refractivity contribution is -0.246. The van der Waals surface area contributed by atoms with Gasteiger partial charge < -0.3 is 4.74 Å². The van der Waals surface area contributed by atoms with Crippen molar-refractivity contribution in [3.63, 3.8) is 0 Å². The van der Waals surface area contributed by atoms with Crippen molar-refractivity contribution in [2.75, 3.05) is 21.3 Å². The summed E-state index contributed by atoms with van der Waals surface area (Å²) in [5.41, 5.74) is -0.0919. The van der Waals surface area contributed by atoms with Gasteiger partial charge in [-0.05, 0) is 6.92 Å². The first-order valence-corrected chi connectivity index (χ1v) is 4.99. The average Bonchev–Trinajstić information content (AvgIpc) is 2.68. The number of aliphatic imine (C=N–C) groups is 2. The normalized spacial score (nSPS) is 27.3. The number of hydrogen-bond acceptors (Lipinski definition) is 7. The summed E-state index contributed by atoms with van der Waals surface area (Å²) in [7, 11) is 3.74. The summed E-state index contributed by atoms with van der Waals surface area (Å²) >= 11 is 0. The van der Waals surface area contributed by atoms with Gasteiger partial charge in [0.1, 0.15) is 5.84 Å². The molecule has 0 spiro atoms. The van der Waals surface area contributed by atoms with Crippen molar-refractivity contribution in [2.24, 2.45) is 9.98 Å². The number of hydrogen-bond donors (Lipinski definition) is 0. The van der Waals surface area contributed by atoms with E-state index in [-0.39, 0.29) is 5.71 Å². The second kappa shape index (κ2) is 4.12. The van der Waals surface area contributed by atoms with Crippen molar-refractivity contribution < 1.29 is 24.0 Å². The van der Waals surface area contributed by atoms with Gasteiger partial charge in [0.25, 0.3) is 0 Å². The van der Waals surface area contributed by atoms with Gasteiger partial charge in [-0.1, -0.05) is 0 Å².